The fraction of sp³-hybridized carbons (Fsp3) is 0.238. The van der Waals surface area contributed by atoms with Crippen molar-refractivity contribution in [2.24, 2.45) is 0 Å². The van der Waals surface area contributed by atoms with Gasteiger partial charge < -0.3 is 29.6 Å². The van der Waals surface area contributed by atoms with Crippen molar-refractivity contribution in [3.8, 4) is 23.0 Å². The summed E-state index contributed by atoms with van der Waals surface area (Å²) in [6, 6.07) is 15.2. The molecule has 2 heterocycles. The van der Waals surface area contributed by atoms with Gasteiger partial charge in [-0.2, -0.15) is 0 Å². The largest absolute Gasteiger partial charge is 0.497 e. The molecule has 0 atom stereocenters. The van der Waals surface area contributed by atoms with Gasteiger partial charge in [-0.3, -0.25) is 0 Å². The Labute approximate surface area is 168 Å². The van der Waals surface area contributed by atoms with E-state index in [1.54, 1.807) is 7.11 Å². The van der Waals surface area contributed by atoms with Gasteiger partial charge in [-0.1, -0.05) is 6.07 Å². The number of aromatic nitrogens is 2. The second-order valence-corrected chi connectivity index (χ2v) is 6.28. The molecule has 1 aromatic heterocycles. The van der Waals surface area contributed by atoms with Crippen molar-refractivity contribution < 1.29 is 18.9 Å². The maximum Gasteiger partial charge on any atom is 0.231 e. The molecule has 2 aromatic carbocycles. The molecule has 0 unspecified atom stereocenters. The molecule has 8 heteroatoms. The first kappa shape index (κ1) is 18.7. The Balaban J connectivity index is 1.24. The van der Waals surface area contributed by atoms with Crippen molar-refractivity contribution in [2.75, 3.05) is 37.7 Å². The van der Waals surface area contributed by atoms with Crippen LogP contribution >= 0.6 is 0 Å². The smallest absolute Gasteiger partial charge is 0.231 e. The molecule has 0 radical (unpaired) electrons. The number of nitrogens with zero attached hydrogens (tertiary/aromatic N) is 2. The summed E-state index contributed by atoms with van der Waals surface area (Å²) in [4.78, 5) is 8.50. The SMILES string of the molecule is COc1ccc(OCCNc2cc(NCc3ccc4c(c3)OCO4)ncn2)cc1. The second kappa shape index (κ2) is 9.01. The summed E-state index contributed by atoms with van der Waals surface area (Å²) >= 11 is 0. The number of rotatable bonds is 9. The number of ether oxygens (including phenoxy) is 4. The van der Waals surface area contributed by atoms with Crippen LogP contribution in [0.2, 0.25) is 0 Å². The van der Waals surface area contributed by atoms with Gasteiger partial charge in [0.15, 0.2) is 11.5 Å². The van der Waals surface area contributed by atoms with Crippen molar-refractivity contribution in [1.82, 2.24) is 9.97 Å². The van der Waals surface area contributed by atoms with E-state index in [-0.39, 0.29) is 6.79 Å². The van der Waals surface area contributed by atoms with Gasteiger partial charge in [-0.15, -0.1) is 0 Å². The van der Waals surface area contributed by atoms with E-state index in [2.05, 4.69) is 20.6 Å². The minimum absolute atomic E-state index is 0.273. The summed E-state index contributed by atoms with van der Waals surface area (Å²) in [6.45, 7) is 2.02. The Morgan fingerprint density at radius 1 is 0.897 bits per heavy atom. The van der Waals surface area contributed by atoms with Crippen LogP contribution in [0.4, 0.5) is 11.6 Å². The first-order valence-electron chi connectivity index (χ1n) is 9.25. The monoisotopic (exact) mass is 394 g/mol. The molecule has 0 spiro atoms. The van der Waals surface area contributed by atoms with Crippen molar-refractivity contribution >= 4 is 11.6 Å². The summed E-state index contributed by atoms with van der Waals surface area (Å²) in [5.74, 6) is 4.60. The molecule has 0 aliphatic carbocycles. The van der Waals surface area contributed by atoms with E-state index in [1.165, 1.54) is 6.33 Å². The first-order valence-corrected chi connectivity index (χ1v) is 9.25. The van der Waals surface area contributed by atoms with Crippen LogP contribution < -0.4 is 29.6 Å². The molecule has 0 saturated carbocycles. The average Bonchev–Trinajstić information content (AvgIpc) is 3.24. The zero-order valence-electron chi connectivity index (χ0n) is 16.1. The Kier molecular flexibility index (Phi) is 5.80. The van der Waals surface area contributed by atoms with E-state index >= 15 is 0 Å². The van der Waals surface area contributed by atoms with E-state index in [4.69, 9.17) is 18.9 Å². The Morgan fingerprint density at radius 3 is 2.48 bits per heavy atom. The first-order chi connectivity index (χ1) is 14.3. The predicted octanol–water partition coefficient (Wildman–Crippen LogP) is 3.32. The fourth-order valence-corrected chi connectivity index (χ4v) is 2.81. The van der Waals surface area contributed by atoms with Crippen molar-refractivity contribution in [3.05, 3.63) is 60.4 Å². The van der Waals surface area contributed by atoms with Crippen LogP contribution in [0, 0.1) is 0 Å². The van der Waals surface area contributed by atoms with E-state index < -0.39 is 0 Å². The Morgan fingerprint density at radius 2 is 1.66 bits per heavy atom. The number of nitrogens with one attached hydrogen (secondary N) is 2. The standard InChI is InChI=1S/C21H22N4O4/c1-26-16-3-5-17(6-4-16)27-9-8-22-20-11-21(25-13-24-20)23-12-15-2-7-18-19(10-15)29-14-28-18/h2-7,10-11,13H,8-9,12,14H2,1H3,(H2,22,23,24,25). The second-order valence-electron chi connectivity index (χ2n) is 6.28. The van der Waals surface area contributed by atoms with E-state index in [0.29, 0.717) is 19.7 Å². The van der Waals surface area contributed by atoms with Crippen LogP contribution in [-0.4, -0.2) is 37.0 Å². The normalized spacial score (nSPS) is 11.8. The molecule has 0 amide bonds. The van der Waals surface area contributed by atoms with Crippen molar-refractivity contribution in [3.63, 3.8) is 0 Å². The summed E-state index contributed by atoms with van der Waals surface area (Å²) in [5.41, 5.74) is 1.08. The zero-order chi connectivity index (χ0) is 19.9. The minimum Gasteiger partial charge on any atom is -0.497 e. The molecule has 29 heavy (non-hydrogen) atoms. The lowest BCUT2D eigenvalue weighted by Gasteiger charge is -2.10. The highest BCUT2D eigenvalue weighted by atomic mass is 16.7. The van der Waals surface area contributed by atoms with Crippen LogP contribution in [0.5, 0.6) is 23.0 Å². The highest BCUT2D eigenvalue weighted by molar-refractivity contribution is 5.48. The average molecular weight is 394 g/mol. The van der Waals surface area contributed by atoms with E-state index in [0.717, 1.165) is 40.2 Å². The highest BCUT2D eigenvalue weighted by Gasteiger charge is 2.13. The lowest BCUT2D eigenvalue weighted by Crippen LogP contribution is -2.13. The van der Waals surface area contributed by atoms with Crippen LogP contribution in [-0.2, 0) is 6.54 Å². The van der Waals surface area contributed by atoms with Crippen molar-refractivity contribution in [1.29, 1.82) is 0 Å². The maximum atomic E-state index is 5.70. The van der Waals surface area contributed by atoms with Gasteiger partial charge in [0.05, 0.1) is 13.7 Å². The molecular weight excluding hydrogens is 372 g/mol. The third kappa shape index (κ3) is 4.98. The molecule has 4 rings (SSSR count). The lowest BCUT2D eigenvalue weighted by molar-refractivity contribution is 0.174. The minimum atomic E-state index is 0.273. The third-order valence-electron chi connectivity index (χ3n) is 4.31. The van der Waals surface area contributed by atoms with Crippen LogP contribution in [0.25, 0.3) is 0 Å². The zero-order valence-corrected chi connectivity index (χ0v) is 16.1. The predicted molar refractivity (Wildman–Crippen MR) is 109 cm³/mol. The Hall–Kier alpha value is -3.68. The number of fused-ring (bicyclic) bond motifs is 1. The van der Waals surface area contributed by atoms with Gasteiger partial charge in [0.2, 0.25) is 6.79 Å². The van der Waals surface area contributed by atoms with Gasteiger partial charge in [-0.25, -0.2) is 9.97 Å². The number of methoxy groups -OCH3 is 1. The molecule has 1 aliphatic heterocycles. The highest BCUT2D eigenvalue weighted by Crippen LogP contribution is 2.32. The Bertz CT molecular complexity index is 950. The van der Waals surface area contributed by atoms with Gasteiger partial charge in [0, 0.05) is 12.6 Å². The van der Waals surface area contributed by atoms with Crippen LogP contribution in [0.3, 0.4) is 0 Å². The summed E-state index contributed by atoms with van der Waals surface area (Å²) in [6.07, 6.45) is 1.52. The molecule has 150 valence electrons. The van der Waals surface area contributed by atoms with Crippen LogP contribution in [0.1, 0.15) is 5.56 Å². The number of anilines is 2. The molecule has 1 aliphatic rings. The number of hydrogen-bond acceptors (Lipinski definition) is 8. The molecule has 2 N–H and O–H groups in total. The molecule has 3 aromatic rings. The van der Waals surface area contributed by atoms with Crippen LogP contribution in [0.15, 0.2) is 54.9 Å². The van der Waals surface area contributed by atoms with E-state index in [9.17, 15) is 0 Å². The van der Waals surface area contributed by atoms with Gasteiger partial charge in [0.1, 0.15) is 36.1 Å². The third-order valence-corrected chi connectivity index (χ3v) is 4.31. The summed E-state index contributed by atoms with van der Waals surface area (Å²) in [7, 11) is 1.64. The quantitative estimate of drug-likeness (QED) is 0.535. The molecular formula is C21H22N4O4. The van der Waals surface area contributed by atoms with Gasteiger partial charge >= 0.3 is 0 Å². The van der Waals surface area contributed by atoms with Gasteiger partial charge in [0.25, 0.3) is 0 Å². The lowest BCUT2D eigenvalue weighted by atomic mass is 10.2. The summed E-state index contributed by atoms with van der Waals surface area (Å²) < 4.78 is 21.6. The molecule has 8 nitrogen and oxygen atoms in total. The molecule has 0 bridgehead atoms. The summed E-state index contributed by atoms with van der Waals surface area (Å²) in [5, 5.41) is 6.52. The fourth-order valence-electron chi connectivity index (χ4n) is 2.81. The topological polar surface area (TPSA) is 86.8 Å². The molecule has 0 saturated heterocycles. The van der Waals surface area contributed by atoms with E-state index in [1.807, 2.05) is 48.5 Å². The number of benzene rings is 2. The van der Waals surface area contributed by atoms with Crippen molar-refractivity contribution in [2.45, 2.75) is 6.54 Å². The maximum absolute atomic E-state index is 5.70. The molecule has 0 fully saturated rings. The number of hydrogen-bond donors (Lipinski definition) is 2. The van der Waals surface area contributed by atoms with Gasteiger partial charge in [-0.05, 0) is 42.0 Å².